The summed E-state index contributed by atoms with van der Waals surface area (Å²) in [7, 11) is 0. The molecule has 0 amide bonds. The first-order valence-corrected chi connectivity index (χ1v) is 6.58. The SMILES string of the molecule is Cc1cc(Nc2cccc(C(=O)[O-])c2)nc2ccccc12. The van der Waals surface area contributed by atoms with E-state index < -0.39 is 5.97 Å². The highest BCUT2D eigenvalue weighted by molar-refractivity contribution is 5.88. The average molecular weight is 277 g/mol. The number of aromatic nitrogens is 1. The number of rotatable bonds is 3. The summed E-state index contributed by atoms with van der Waals surface area (Å²) in [6.45, 7) is 2.02. The van der Waals surface area contributed by atoms with Gasteiger partial charge in [-0.25, -0.2) is 4.98 Å². The Morgan fingerprint density at radius 2 is 1.90 bits per heavy atom. The van der Waals surface area contributed by atoms with Crippen molar-refractivity contribution in [3.8, 4) is 0 Å². The number of aryl methyl sites for hydroxylation is 1. The Labute approximate surface area is 122 Å². The van der Waals surface area contributed by atoms with Crippen LogP contribution in [0.4, 0.5) is 11.5 Å². The number of carboxylic acids is 1. The predicted octanol–water partition coefficient (Wildman–Crippen LogP) is 2.65. The number of anilines is 2. The molecular formula is C17H13N2O2-. The van der Waals surface area contributed by atoms with Gasteiger partial charge in [-0.2, -0.15) is 0 Å². The highest BCUT2D eigenvalue weighted by Gasteiger charge is 2.03. The number of carboxylic acid groups (broad SMARTS) is 1. The molecule has 21 heavy (non-hydrogen) atoms. The van der Waals surface area contributed by atoms with Crippen LogP contribution in [0, 0.1) is 6.92 Å². The molecule has 0 atom stereocenters. The molecule has 0 bridgehead atoms. The molecule has 104 valence electrons. The van der Waals surface area contributed by atoms with Crippen LogP contribution in [0.15, 0.2) is 54.6 Å². The molecule has 1 aromatic heterocycles. The fourth-order valence-electron chi connectivity index (χ4n) is 2.29. The van der Waals surface area contributed by atoms with Crippen molar-refractivity contribution >= 4 is 28.4 Å². The number of pyridine rings is 1. The average Bonchev–Trinajstić information content (AvgIpc) is 2.47. The maximum Gasteiger partial charge on any atom is 0.131 e. The van der Waals surface area contributed by atoms with Crippen LogP contribution in [0.2, 0.25) is 0 Å². The van der Waals surface area contributed by atoms with Gasteiger partial charge < -0.3 is 15.2 Å². The van der Waals surface area contributed by atoms with E-state index in [0.717, 1.165) is 16.5 Å². The summed E-state index contributed by atoms with van der Waals surface area (Å²) in [6, 6.07) is 16.3. The van der Waals surface area contributed by atoms with Crippen molar-refractivity contribution in [1.29, 1.82) is 0 Å². The minimum Gasteiger partial charge on any atom is -0.545 e. The monoisotopic (exact) mass is 277 g/mol. The van der Waals surface area contributed by atoms with Crippen molar-refractivity contribution in [2.24, 2.45) is 0 Å². The molecule has 0 fully saturated rings. The van der Waals surface area contributed by atoms with Gasteiger partial charge in [0, 0.05) is 11.1 Å². The molecule has 0 aliphatic rings. The van der Waals surface area contributed by atoms with E-state index in [1.54, 1.807) is 12.1 Å². The molecule has 0 radical (unpaired) electrons. The van der Waals surface area contributed by atoms with Crippen molar-refractivity contribution in [3.63, 3.8) is 0 Å². The van der Waals surface area contributed by atoms with Crippen LogP contribution < -0.4 is 10.4 Å². The van der Waals surface area contributed by atoms with Gasteiger partial charge in [0.1, 0.15) is 5.82 Å². The summed E-state index contributed by atoms with van der Waals surface area (Å²) < 4.78 is 0. The number of carbonyl (C=O) groups is 1. The zero-order valence-corrected chi connectivity index (χ0v) is 11.5. The Morgan fingerprint density at radius 1 is 1.10 bits per heavy atom. The number of para-hydroxylation sites is 1. The van der Waals surface area contributed by atoms with Crippen LogP contribution in [0.1, 0.15) is 15.9 Å². The van der Waals surface area contributed by atoms with Gasteiger partial charge in [0.15, 0.2) is 0 Å². The first-order valence-electron chi connectivity index (χ1n) is 6.58. The first-order chi connectivity index (χ1) is 10.1. The Bertz CT molecular complexity index is 828. The van der Waals surface area contributed by atoms with Gasteiger partial charge in [0.25, 0.3) is 0 Å². The van der Waals surface area contributed by atoms with Crippen LogP contribution in [0.3, 0.4) is 0 Å². The highest BCUT2D eigenvalue weighted by Crippen LogP contribution is 2.22. The summed E-state index contributed by atoms with van der Waals surface area (Å²) in [5.74, 6) is -0.511. The molecule has 1 heterocycles. The second-order valence-corrected chi connectivity index (χ2v) is 4.83. The maximum atomic E-state index is 10.9. The molecule has 0 spiro atoms. The van der Waals surface area contributed by atoms with E-state index in [-0.39, 0.29) is 5.56 Å². The van der Waals surface area contributed by atoms with Gasteiger partial charge in [-0.05, 0) is 42.3 Å². The summed E-state index contributed by atoms with van der Waals surface area (Å²) >= 11 is 0. The number of nitrogens with one attached hydrogen (secondary N) is 1. The second kappa shape index (κ2) is 5.25. The third-order valence-electron chi connectivity index (χ3n) is 3.29. The third kappa shape index (κ3) is 2.69. The van der Waals surface area contributed by atoms with Crippen molar-refractivity contribution in [1.82, 2.24) is 4.98 Å². The fraction of sp³-hybridized carbons (Fsp3) is 0.0588. The van der Waals surface area contributed by atoms with Crippen molar-refractivity contribution in [2.45, 2.75) is 6.92 Å². The lowest BCUT2D eigenvalue weighted by molar-refractivity contribution is -0.255. The number of benzene rings is 2. The zero-order chi connectivity index (χ0) is 14.8. The molecule has 4 heteroatoms. The van der Waals surface area contributed by atoms with Crippen LogP contribution >= 0.6 is 0 Å². The topological polar surface area (TPSA) is 65.0 Å². The van der Waals surface area contributed by atoms with Crippen LogP contribution in [0.25, 0.3) is 10.9 Å². The lowest BCUT2D eigenvalue weighted by atomic mass is 10.1. The molecule has 0 saturated carbocycles. The summed E-state index contributed by atoms with van der Waals surface area (Å²) in [5.41, 5.74) is 2.81. The number of aromatic carboxylic acids is 1. The van der Waals surface area contributed by atoms with Gasteiger partial charge in [0.2, 0.25) is 0 Å². The van der Waals surface area contributed by atoms with Crippen LogP contribution in [0.5, 0.6) is 0 Å². The maximum absolute atomic E-state index is 10.9. The summed E-state index contributed by atoms with van der Waals surface area (Å²) in [4.78, 5) is 15.4. The fourth-order valence-corrected chi connectivity index (χ4v) is 2.29. The highest BCUT2D eigenvalue weighted by atomic mass is 16.4. The predicted molar refractivity (Wildman–Crippen MR) is 80.5 cm³/mol. The first kappa shape index (κ1) is 13.1. The smallest absolute Gasteiger partial charge is 0.131 e. The van der Waals surface area contributed by atoms with Crippen molar-refractivity contribution in [3.05, 3.63) is 65.7 Å². The Kier molecular flexibility index (Phi) is 3.28. The molecule has 0 aliphatic heterocycles. The van der Waals surface area contributed by atoms with Gasteiger partial charge in [-0.3, -0.25) is 0 Å². The molecular weight excluding hydrogens is 264 g/mol. The van der Waals surface area contributed by atoms with E-state index in [4.69, 9.17) is 0 Å². The Morgan fingerprint density at radius 3 is 2.71 bits per heavy atom. The lowest BCUT2D eigenvalue weighted by Crippen LogP contribution is -2.22. The largest absolute Gasteiger partial charge is 0.545 e. The molecule has 1 N–H and O–H groups in total. The normalized spacial score (nSPS) is 10.5. The summed E-state index contributed by atoms with van der Waals surface area (Å²) in [5, 5.41) is 15.1. The minimum atomic E-state index is -1.19. The third-order valence-corrected chi connectivity index (χ3v) is 3.29. The van der Waals surface area contributed by atoms with Crippen LogP contribution in [-0.2, 0) is 0 Å². The summed E-state index contributed by atoms with van der Waals surface area (Å²) in [6.07, 6.45) is 0. The van der Waals surface area contributed by atoms with Gasteiger partial charge >= 0.3 is 0 Å². The molecule has 0 saturated heterocycles. The molecule has 0 unspecified atom stereocenters. The second-order valence-electron chi connectivity index (χ2n) is 4.83. The van der Waals surface area contributed by atoms with Gasteiger partial charge in [-0.15, -0.1) is 0 Å². The van der Waals surface area contributed by atoms with Gasteiger partial charge in [-0.1, -0.05) is 30.3 Å². The number of fused-ring (bicyclic) bond motifs is 1. The Hall–Kier alpha value is -2.88. The number of nitrogens with zero attached hydrogens (tertiary/aromatic N) is 1. The number of hydrogen-bond donors (Lipinski definition) is 1. The molecule has 0 aliphatic carbocycles. The van der Waals surface area contributed by atoms with Gasteiger partial charge in [0.05, 0.1) is 11.5 Å². The van der Waals surface area contributed by atoms with Crippen molar-refractivity contribution < 1.29 is 9.90 Å². The number of hydrogen-bond acceptors (Lipinski definition) is 4. The molecule has 4 nitrogen and oxygen atoms in total. The molecule has 2 aromatic carbocycles. The number of carbonyl (C=O) groups excluding carboxylic acids is 1. The minimum absolute atomic E-state index is 0.137. The Balaban J connectivity index is 1.98. The van der Waals surface area contributed by atoms with Crippen molar-refractivity contribution in [2.75, 3.05) is 5.32 Å². The van der Waals surface area contributed by atoms with E-state index in [1.807, 2.05) is 37.3 Å². The quantitative estimate of drug-likeness (QED) is 0.799. The van der Waals surface area contributed by atoms with E-state index >= 15 is 0 Å². The van der Waals surface area contributed by atoms with Crippen LogP contribution in [-0.4, -0.2) is 11.0 Å². The van der Waals surface area contributed by atoms with E-state index in [2.05, 4.69) is 10.3 Å². The zero-order valence-electron chi connectivity index (χ0n) is 11.5. The molecule has 3 rings (SSSR count). The van der Waals surface area contributed by atoms with E-state index in [9.17, 15) is 9.90 Å². The lowest BCUT2D eigenvalue weighted by Gasteiger charge is -2.10. The van der Waals surface area contributed by atoms with E-state index in [0.29, 0.717) is 11.5 Å². The van der Waals surface area contributed by atoms with E-state index in [1.165, 1.54) is 12.1 Å². The molecule has 3 aromatic rings. The standard InChI is InChI=1S/C17H14N2O2/c1-11-9-16(19-15-8-3-2-7-14(11)15)18-13-6-4-5-12(10-13)17(20)21/h2-10H,1H3,(H,18,19)(H,20,21)/p-1.